The second kappa shape index (κ2) is 5.38. The summed E-state index contributed by atoms with van der Waals surface area (Å²) in [6.07, 6.45) is 2.77. The molecule has 0 amide bonds. The molecule has 0 heterocycles. The first-order chi connectivity index (χ1) is 8.53. The summed E-state index contributed by atoms with van der Waals surface area (Å²) in [5.74, 6) is 0.494. The Balaban J connectivity index is 2.08. The van der Waals surface area contributed by atoms with Crippen molar-refractivity contribution >= 4 is 10.0 Å². The molecule has 4 nitrogen and oxygen atoms in total. The van der Waals surface area contributed by atoms with E-state index in [0.29, 0.717) is 12.3 Å². The van der Waals surface area contributed by atoms with E-state index in [-0.39, 0.29) is 17.5 Å². The van der Waals surface area contributed by atoms with Crippen LogP contribution in [0.2, 0.25) is 0 Å². The highest BCUT2D eigenvalue weighted by Gasteiger charge is 2.31. The maximum Gasteiger partial charge on any atom is 0.240 e. The van der Waals surface area contributed by atoms with Crippen molar-refractivity contribution in [1.82, 2.24) is 4.72 Å². The minimum absolute atomic E-state index is 0.00659. The van der Waals surface area contributed by atoms with Gasteiger partial charge >= 0.3 is 0 Å². The van der Waals surface area contributed by atoms with Crippen molar-refractivity contribution in [3.8, 4) is 0 Å². The fourth-order valence-electron chi connectivity index (χ4n) is 1.97. The predicted octanol–water partition coefficient (Wildman–Crippen LogP) is 1.30. The third-order valence-electron chi connectivity index (χ3n) is 3.30. The zero-order valence-corrected chi connectivity index (χ0v) is 11.3. The summed E-state index contributed by atoms with van der Waals surface area (Å²) in [5.41, 5.74) is 0.937. The maximum absolute atomic E-state index is 12.1. The molecule has 0 saturated heterocycles. The van der Waals surface area contributed by atoms with E-state index in [1.807, 2.05) is 6.92 Å². The molecule has 2 N–H and O–H groups in total. The van der Waals surface area contributed by atoms with Crippen molar-refractivity contribution in [2.75, 3.05) is 6.61 Å². The summed E-state index contributed by atoms with van der Waals surface area (Å²) in [6.45, 7) is 1.98. The van der Waals surface area contributed by atoms with Crippen LogP contribution in [0.5, 0.6) is 0 Å². The maximum atomic E-state index is 12.1. The van der Waals surface area contributed by atoms with E-state index < -0.39 is 10.0 Å². The Hall–Kier alpha value is -0.910. The highest BCUT2D eigenvalue weighted by atomic mass is 32.2. The molecule has 0 spiro atoms. The first kappa shape index (κ1) is 13.5. The van der Waals surface area contributed by atoms with Gasteiger partial charge in [0.15, 0.2) is 0 Å². The van der Waals surface area contributed by atoms with Gasteiger partial charge in [0.05, 0.1) is 4.90 Å². The molecule has 1 aromatic rings. The Morgan fingerprint density at radius 2 is 1.94 bits per heavy atom. The van der Waals surface area contributed by atoms with Gasteiger partial charge in [0.25, 0.3) is 0 Å². The number of benzene rings is 1. The Labute approximate surface area is 108 Å². The van der Waals surface area contributed by atoms with Crippen LogP contribution in [0.25, 0.3) is 0 Å². The summed E-state index contributed by atoms with van der Waals surface area (Å²) >= 11 is 0. The minimum atomic E-state index is -3.41. The first-order valence-corrected chi connectivity index (χ1v) is 7.73. The lowest BCUT2D eigenvalue weighted by molar-refractivity contribution is 0.299. The largest absolute Gasteiger partial charge is 0.396 e. The van der Waals surface area contributed by atoms with Crippen molar-refractivity contribution in [3.63, 3.8) is 0 Å². The fraction of sp³-hybridized carbons (Fsp3) is 0.538. The molecule has 1 aromatic carbocycles. The molecule has 1 unspecified atom stereocenters. The smallest absolute Gasteiger partial charge is 0.240 e. The van der Waals surface area contributed by atoms with E-state index in [2.05, 4.69) is 4.72 Å². The van der Waals surface area contributed by atoms with Crippen molar-refractivity contribution < 1.29 is 13.5 Å². The molecule has 5 heteroatoms. The van der Waals surface area contributed by atoms with E-state index >= 15 is 0 Å². The third kappa shape index (κ3) is 3.31. The zero-order valence-electron chi connectivity index (χ0n) is 10.5. The van der Waals surface area contributed by atoms with Crippen LogP contribution < -0.4 is 4.72 Å². The third-order valence-corrected chi connectivity index (χ3v) is 4.88. The van der Waals surface area contributed by atoms with Crippen molar-refractivity contribution in [3.05, 3.63) is 29.8 Å². The number of aliphatic hydroxyl groups is 1. The number of sulfonamides is 1. The molecule has 0 aliphatic heterocycles. The topological polar surface area (TPSA) is 66.4 Å². The first-order valence-electron chi connectivity index (χ1n) is 6.25. The highest BCUT2D eigenvalue weighted by Crippen LogP contribution is 2.33. The van der Waals surface area contributed by atoms with Gasteiger partial charge in [-0.05, 0) is 49.8 Å². The van der Waals surface area contributed by atoms with Gasteiger partial charge in [0, 0.05) is 12.6 Å². The molecule has 1 atom stereocenters. The quantitative estimate of drug-likeness (QED) is 0.818. The number of hydrogen-bond acceptors (Lipinski definition) is 3. The number of nitrogens with one attached hydrogen (secondary N) is 1. The summed E-state index contributed by atoms with van der Waals surface area (Å²) in [5, 5.41) is 8.81. The Morgan fingerprint density at radius 1 is 1.33 bits per heavy atom. The van der Waals surface area contributed by atoms with Crippen LogP contribution in [0.15, 0.2) is 29.2 Å². The lowest BCUT2D eigenvalue weighted by Gasteiger charge is -2.13. The number of hydrogen-bond donors (Lipinski definition) is 2. The Kier molecular flexibility index (Phi) is 4.04. The molecular formula is C13H19NO3S. The van der Waals surface area contributed by atoms with Crippen molar-refractivity contribution in [1.29, 1.82) is 0 Å². The zero-order chi connectivity index (χ0) is 13.2. The molecule has 18 heavy (non-hydrogen) atoms. The SMILES string of the molecule is CC(NS(=O)(=O)c1ccc(CCO)cc1)C1CC1. The van der Waals surface area contributed by atoms with E-state index in [1.165, 1.54) is 0 Å². The van der Waals surface area contributed by atoms with Crippen LogP contribution in [0.3, 0.4) is 0 Å². The van der Waals surface area contributed by atoms with E-state index in [1.54, 1.807) is 24.3 Å². The molecule has 100 valence electrons. The summed E-state index contributed by atoms with van der Waals surface area (Å²) < 4.78 is 26.9. The standard InChI is InChI=1S/C13H19NO3S/c1-10(12-4-5-12)14-18(16,17)13-6-2-11(3-7-13)8-9-15/h2-3,6-7,10,12,14-15H,4-5,8-9H2,1H3. The molecule has 1 aliphatic carbocycles. The lowest BCUT2D eigenvalue weighted by atomic mass is 10.2. The summed E-state index contributed by atoms with van der Waals surface area (Å²) in [6, 6.07) is 6.67. The van der Waals surface area contributed by atoms with Gasteiger partial charge in [-0.1, -0.05) is 12.1 Å². The van der Waals surface area contributed by atoms with Gasteiger partial charge in [-0.3, -0.25) is 0 Å². The van der Waals surface area contributed by atoms with Gasteiger partial charge in [0.2, 0.25) is 10.0 Å². The second-order valence-electron chi connectivity index (χ2n) is 4.86. The predicted molar refractivity (Wildman–Crippen MR) is 69.7 cm³/mol. The Bertz CT molecular complexity index is 491. The van der Waals surface area contributed by atoms with Crippen molar-refractivity contribution in [2.24, 2.45) is 5.92 Å². The second-order valence-corrected chi connectivity index (χ2v) is 6.58. The van der Waals surface area contributed by atoms with Crippen LogP contribution in [-0.4, -0.2) is 26.2 Å². The van der Waals surface area contributed by atoms with Gasteiger partial charge < -0.3 is 5.11 Å². The van der Waals surface area contributed by atoms with Gasteiger partial charge in [-0.25, -0.2) is 13.1 Å². The lowest BCUT2D eigenvalue weighted by Crippen LogP contribution is -2.34. The molecule has 2 rings (SSSR count). The van der Waals surface area contributed by atoms with E-state index in [4.69, 9.17) is 5.11 Å². The molecule has 1 saturated carbocycles. The van der Waals surface area contributed by atoms with Crippen LogP contribution in [0.4, 0.5) is 0 Å². The average molecular weight is 269 g/mol. The molecule has 0 radical (unpaired) electrons. The van der Waals surface area contributed by atoms with E-state index in [0.717, 1.165) is 18.4 Å². The molecule has 0 bridgehead atoms. The molecule has 1 fully saturated rings. The van der Waals surface area contributed by atoms with Gasteiger partial charge in [-0.15, -0.1) is 0 Å². The molecule has 1 aliphatic rings. The van der Waals surface area contributed by atoms with Gasteiger partial charge in [-0.2, -0.15) is 0 Å². The van der Waals surface area contributed by atoms with Crippen LogP contribution in [0, 0.1) is 5.92 Å². The summed E-state index contributed by atoms with van der Waals surface area (Å²) in [4.78, 5) is 0.289. The Morgan fingerprint density at radius 3 is 2.44 bits per heavy atom. The normalized spacial score (nSPS) is 17.7. The monoisotopic (exact) mass is 269 g/mol. The molecule has 0 aromatic heterocycles. The van der Waals surface area contributed by atoms with Crippen molar-refractivity contribution in [2.45, 2.75) is 37.1 Å². The highest BCUT2D eigenvalue weighted by molar-refractivity contribution is 7.89. The van der Waals surface area contributed by atoms with Gasteiger partial charge in [0.1, 0.15) is 0 Å². The average Bonchev–Trinajstić information content (AvgIpc) is 3.13. The summed E-state index contributed by atoms with van der Waals surface area (Å²) in [7, 11) is -3.41. The van der Waals surface area contributed by atoms with Crippen LogP contribution in [0.1, 0.15) is 25.3 Å². The van der Waals surface area contributed by atoms with E-state index in [9.17, 15) is 8.42 Å². The fourth-order valence-corrected chi connectivity index (χ4v) is 3.28. The van der Waals surface area contributed by atoms with Crippen LogP contribution >= 0.6 is 0 Å². The van der Waals surface area contributed by atoms with Crippen LogP contribution in [-0.2, 0) is 16.4 Å². The molecular weight excluding hydrogens is 250 g/mol. The minimum Gasteiger partial charge on any atom is -0.396 e. The number of aliphatic hydroxyl groups excluding tert-OH is 1. The number of rotatable bonds is 6.